The molecule has 2 aromatic rings. The first-order chi connectivity index (χ1) is 13.9. The van der Waals surface area contributed by atoms with E-state index in [-0.39, 0.29) is 5.91 Å². The minimum absolute atomic E-state index is 0.211. The summed E-state index contributed by atoms with van der Waals surface area (Å²) in [6, 6.07) is 6.62. The van der Waals surface area contributed by atoms with Gasteiger partial charge in [-0.3, -0.25) is 14.4 Å². The van der Waals surface area contributed by atoms with Gasteiger partial charge in [-0.1, -0.05) is 6.07 Å². The van der Waals surface area contributed by atoms with Crippen LogP contribution in [0.2, 0.25) is 0 Å². The number of rotatable bonds is 6. The van der Waals surface area contributed by atoms with Gasteiger partial charge in [0.2, 0.25) is 5.91 Å². The van der Waals surface area contributed by atoms with E-state index in [9.17, 15) is 14.4 Å². The molecule has 2 heterocycles. The quantitative estimate of drug-likeness (QED) is 0.628. The lowest BCUT2D eigenvalue weighted by atomic mass is 10.2. The SMILES string of the molecule is CC(=O)Nc1cccc(NC(=O)C(=O)NCCc2sc(N3CCCC3)nc2C)c1. The Hall–Kier alpha value is -2.94. The summed E-state index contributed by atoms with van der Waals surface area (Å²) < 4.78 is 0. The van der Waals surface area contributed by atoms with Gasteiger partial charge in [0.25, 0.3) is 0 Å². The second kappa shape index (κ2) is 9.51. The van der Waals surface area contributed by atoms with Gasteiger partial charge in [-0.05, 0) is 38.0 Å². The largest absolute Gasteiger partial charge is 0.348 e. The maximum absolute atomic E-state index is 12.1. The summed E-state index contributed by atoms with van der Waals surface area (Å²) in [5, 5.41) is 8.85. The predicted molar refractivity (Wildman–Crippen MR) is 114 cm³/mol. The first-order valence-corrected chi connectivity index (χ1v) is 10.4. The molecule has 9 heteroatoms. The van der Waals surface area contributed by atoms with Crippen LogP contribution in [0.5, 0.6) is 0 Å². The van der Waals surface area contributed by atoms with E-state index in [0.717, 1.165) is 28.8 Å². The van der Waals surface area contributed by atoms with Gasteiger partial charge in [-0.2, -0.15) is 0 Å². The lowest BCUT2D eigenvalue weighted by molar-refractivity contribution is -0.136. The van der Waals surface area contributed by atoms with E-state index in [0.29, 0.717) is 24.3 Å². The molecular weight excluding hydrogens is 390 g/mol. The number of carbonyl (C=O) groups excluding carboxylic acids is 3. The number of nitrogens with one attached hydrogen (secondary N) is 3. The zero-order valence-electron chi connectivity index (χ0n) is 16.6. The number of thiazole rings is 1. The Morgan fingerprint density at radius 3 is 2.48 bits per heavy atom. The van der Waals surface area contributed by atoms with Gasteiger partial charge >= 0.3 is 11.8 Å². The van der Waals surface area contributed by atoms with Gasteiger partial charge in [-0.15, -0.1) is 11.3 Å². The number of hydrogen-bond acceptors (Lipinski definition) is 6. The molecule has 0 saturated carbocycles. The minimum atomic E-state index is -0.747. The van der Waals surface area contributed by atoms with Crippen LogP contribution in [0.1, 0.15) is 30.3 Å². The molecule has 1 fully saturated rings. The normalized spacial score (nSPS) is 13.2. The molecule has 0 bridgehead atoms. The van der Waals surface area contributed by atoms with E-state index >= 15 is 0 Å². The summed E-state index contributed by atoms with van der Waals surface area (Å²) in [5.74, 6) is -1.65. The molecule has 1 aromatic heterocycles. The predicted octanol–water partition coefficient (Wildman–Crippen LogP) is 2.31. The average Bonchev–Trinajstić information content (AvgIpc) is 3.31. The highest BCUT2D eigenvalue weighted by Gasteiger charge is 2.18. The Morgan fingerprint density at radius 2 is 1.79 bits per heavy atom. The van der Waals surface area contributed by atoms with Crippen molar-refractivity contribution in [3.05, 3.63) is 34.8 Å². The number of amides is 3. The van der Waals surface area contributed by atoms with E-state index in [1.54, 1.807) is 35.6 Å². The highest BCUT2D eigenvalue weighted by Crippen LogP contribution is 2.28. The molecule has 1 saturated heterocycles. The topological polar surface area (TPSA) is 103 Å². The van der Waals surface area contributed by atoms with E-state index in [4.69, 9.17) is 0 Å². The molecule has 1 aromatic carbocycles. The molecule has 3 rings (SSSR count). The molecule has 8 nitrogen and oxygen atoms in total. The van der Waals surface area contributed by atoms with Crippen LogP contribution in [0, 0.1) is 6.92 Å². The lowest BCUT2D eigenvalue weighted by Crippen LogP contribution is -2.36. The summed E-state index contributed by atoms with van der Waals surface area (Å²) in [6.07, 6.45) is 3.04. The summed E-state index contributed by atoms with van der Waals surface area (Å²) >= 11 is 1.65. The second-order valence-corrected chi connectivity index (χ2v) is 7.98. The molecule has 1 aliphatic rings. The minimum Gasteiger partial charge on any atom is -0.348 e. The Balaban J connectivity index is 1.48. The Morgan fingerprint density at radius 1 is 1.10 bits per heavy atom. The molecule has 3 N–H and O–H groups in total. The van der Waals surface area contributed by atoms with Crippen LogP contribution < -0.4 is 20.9 Å². The van der Waals surface area contributed by atoms with Crippen LogP contribution in [0.25, 0.3) is 0 Å². The smallest absolute Gasteiger partial charge is 0.313 e. The van der Waals surface area contributed by atoms with Crippen molar-refractivity contribution in [1.29, 1.82) is 0 Å². The van der Waals surface area contributed by atoms with Gasteiger partial charge < -0.3 is 20.9 Å². The number of aromatic nitrogens is 1. The average molecular weight is 416 g/mol. The van der Waals surface area contributed by atoms with Crippen molar-refractivity contribution in [3.63, 3.8) is 0 Å². The van der Waals surface area contributed by atoms with Crippen molar-refractivity contribution < 1.29 is 14.4 Å². The maximum atomic E-state index is 12.1. The Labute approximate surface area is 173 Å². The number of carbonyl (C=O) groups is 3. The van der Waals surface area contributed by atoms with Gasteiger partial charge in [0.15, 0.2) is 5.13 Å². The fraction of sp³-hybridized carbons (Fsp3) is 0.400. The van der Waals surface area contributed by atoms with Gasteiger partial charge in [0.1, 0.15) is 0 Å². The molecule has 0 aliphatic carbocycles. The van der Waals surface area contributed by atoms with Crippen molar-refractivity contribution >= 4 is 45.6 Å². The van der Waals surface area contributed by atoms with E-state index in [1.165, 1.54) is 19.8 Å². The van der Waals surface area contributed by atoms with Crippen molar-refractivity contribution in [2.24, 2.45) is 0 Å². The van der Waals surface area contributed by atoms with Crippen molar-refractivity contribution in [2.45, 2.75) is 33.1 Å². The van der Waals surface area contributed by atoms with E-state index in [1.807, 2.05) is 6.92 Å². The lowest BCUT2D eigenvalue weighted by Gasteiger charge is -2.12. The molecule has 0 atom stereocenters. The second-order valence-electron chi connectivity index (χ2n) is 6.92. The van der Waals surface area contributed by atoms with Crippen LogP contribution in [0.15, 0.2) is 24.3 Å². The summed E-state index contributed by atoms with van der Waals surface area (Å²) in [4.78, 5) is 43.4. The van der Waals surface area contributed by atoms with Gasteiger partial charge in [0.05, 0.1) is 5.69 Å². The van der Waals surface area contributed by atoms with Crippen molar-refractivity contribution in [1.82, 2.24) is 10.3 Å². The third-order valence-electron chi connectivity index (χ3n) is 4.54. The molecule has 0 radical (unpaired) electrons. The molecule has 0 unspecified atom stereocenters. The Kier molecular flexibility index (Phi) is 6.82. The standard InChI is InChI=1S/C20H25N5O3S/c1-13-17(29-20(22-13)25-10-3-4-11-25)8-9-21-18(27)19(28)24-16-7-5-6-15(12-16)23-14(2)26/h5-7,12H,3-4,8-11H2,1-2H3,(H,21,27)(H,23,26)(H,24,28). The number of nitrogens with zero attached hydrogens (tertiary/aromatic N) is 2. The molecule has 29 heavy (non-hydrogen) atoms. The summed E-state index contributed by atoms with van der Waals surface area (Å²) in [6.45, 7) is 5.83. The summed E-state index contributed by atoms with van der Waals surface area (Å²) in [5.41, 5.74) is 1.96. The first-order valence-electron chi connectivity index (χ1n) is 9.60. The molecule has 0 spiro atoms. The third-order valence-corrected chi connectivity index (χ3v) is 5.82. The molecule has 154 valence electrons. The van der Waals surface area contributed by atoms with Crippen LogP contribution in [-0.4, -0.2) is 42.3 Å². The van der Waals surface area contributed by atoms with Crippen LogP contribution in [-0.2, 0) is 20.8 Å². The van der Waals surface area contributed by atoms with Crippen LogP contribution in [0.3, 0.4) is 0 Å². The molecule has 1 aliphatic heterocycles. The van der Waals surface area contributed by atoms with Crippen LogP contribution >= 0.6 is 11.3 Å². The highest BCUT2D eigenvalue weighted by atomic mass is 32.1. The number of hydrogen-bond donors (Lipinski definition) is 3. The fourth-order valence-corrected chi connectivity index (χ4v) is 4.24. The van der Waals surface area contributed by atoms with E-state index < -0.39 is 11.8 Å². The zero-order chi connectivity index (χ0) is 20.8. The monoisotopic (exact) mass is 415 g/mol. The first kappa shape index (κ1) is 20.8. The van der Waals surface area contributed by atoms with Gasteiger partial charge in [-0.25, -0.2) is 4.98 Å². The van der Waals surface area contributed by atoms with Crippen molar-refractivity contribution in [3.8, 4) is 0 Å². The molecule has 3 amide bonds. The number of benzene rings is 1. The van der Waals surface area contributed by atoms with Crippen molar-refractivity contribution in [2.75, 3.05) is 35.2 Å². The summed E-state index contributed by atoms with van der Waals surface area (Å²) in [7, 11) is 0. The van der Waals surface area contributed by atoms with Crippen LogP contribution in [0.4, 0.5) is 16.5 Å². The van der Waals surface area contributed by atoms with Gasteiger partial charge in [0, 0.05) is 49.2 Å². The zero-order valence-corrected chi connectivity index (χ0v) is 17.4. The third kappa shape index (κ3) is 5.77. The highest BCUT2D eigenvalue weighted by molar-refractivity contribution is 7.15. The Bertz CT molecular complexity index is 905. The van der Waals surface area contributed by atoms with E-state index in [2.05, 4.69) is 25.8 Å². The maximum Gasteiger partial charge on any atom is 0.313 e. The molecular formula is C20H25N5O3S. The fourth-order valence-electron chi connectivity index (χ4n) is 3.12. The number of anilines is 3. The number of aryl methyl sites for hydroxylation is 1.